The Hall–Kier alpha value is -1.97. The fourth-order valence-corrected chi connectivity index (χ4v) is 1.47. The van der Waals surface area contributed by atoms with Gasteiger partial charge in [0.05, 0.1) is 12.9 Å². The molecule has 0 atom stereocenters. The van der Waals surface area contributed by atoms with Crippen LogP contribution in [0.25, 0.3) is 0 Å². The van der Waals surface area contributed by atoms with Gasteiger partial charge in [0.15, 0.2) is 5.78 Å². The number of aromatic nitrogens is 2. The first-order valence-corrected chi connectivity index (χ1v) is 4.96. The molecule has 0 saturated heterocycles. The molecular formula is C12H11FN2O. The van der Waals surface area contributed by atoms with Gasteiger partial charge in [0.1, 0.15) is 5.82 Å². The summed E-state index contributed by atoms with van der Waals surface area (Å²) in [6, 6.07) is 5.97. The SMILES string of the molecule is O=C(Cc1ccc(F)cc1)Cn1ccnc1. The van der Waals surface area contributed by atoms with Gasteiger partial charge in [-0.1, -0.05) is 12.1 Å². The van der Waals surface area contributed by atoms with E-state index in [1.165, 1.54) is 12.1 Å². The Balaban J connectivity index is 1.95. The third-order valence-electron chi connectivity index (χ3n) is 2.23. The minimum atomic E-state index is -0.286. The molecule has 82 valence electrons. The average Bonchev–Trinajstić information content (AvgIpc) is 2.74. The maximum Gasteiger partial charge on any atom is 0.156 e. The largest absolute Gasteiger partial charge is 0.330 e. The number of benzene rings is 1. The Labute approximate surface area is 92.5 Å². The molecule has 0 amide bonds. The lowest BCUT2D eigenvalue weighted by Crippen LogP contribution is -2.11. The van der Waals surface area contributed by atoms with E-state index in [1.807, 2.05) is 0 Å². The molecular weight excluding hydrogens is 207 g/mol. The second-order valence-electron chi connectivity index (χ2n) is 3.58. The van der Waals surface area contributed by atoms with Crippen LogP contribution in [0.1, 0.15) is 5.56 Å². The quantitative estimate of drug-likeness (QED) is 0.784. The molecule has 0 aliphatic carbocycles. The highest BCUT2D eigenvalue weighted by molar-refractivity contribution is 5.80. The van der Waals surface area contributed by atoms with Crippen LogP contribution in [0.5, 0.6) is 0 Å². The number of hydrogen-bond acceptors (Lipinski definition) is 2. The van der Waals surface area contributed by atoms with Crippen molar-refractivity contribution >= 4 is 5.78 Å². The van der Waals surface area contributed by atoms with Crippen molar-refractivity contribution in [3.63, 3.8) is 0 Å². The summed E-state index contributed by atoms with van der Waals surface area (Å²) in [7, 11) is 0. The maximum atomic E-state index is 12.6. The molecule has 1 heterocycles. The average molecular weight is 218 g/mol. The third kappa shape index (κ3) is 2.76. The lowest BCUT2D eigenvalue weighted by atomic mass is 10.1. The number of imidazole rings is 1. The van der Waals surface area contributed by atoms with Crippen molar-refractivity contribution in [1.29, 1.82) is 0 Å². The first-order valence-electron chi connectivity index (χ1n) is 4.96. The Morgan fingerprint density at radius 1 is 1.31 bits per heavy atom. The molecule has 0 N–H and O–H groups in total. The normalized spacial score (nSPS) is 10.3. The second-order valence-corrected chi connectivity index (χ2v) is 3.58. The maximum absolute atomic E-state index is 12.6. The zero-order valence-electron chi connectivity index (χ0n) is 8.64. The van der Waals surface area contributed by atoms with Gasteiger partial charge in [-0.05, 0) is 17.7 Å². The summed E-state index contributed by atoms with van der Waals surface area (Å²) < 4.78 is 14.3. The van der Waals surface area contributed by atoms with Gasteiger partial charge < -0.3 is 4.57 Å². The van der Waals surface area contributed by atoms with E-state index >= 15 is 0 Å². The molecule has 0 aliphatic rings. The zero-order valence-corrected chi connectivity index (χ0v) is 8.64. The Bertz CT molecular complexity index is 462. The van der Waals surface area contributed by atoms with Crippen LogP contribution >= 0.6 is 0 Å². The molecule has 0 unspecified atom stereocenters. The van der Waals surface area contributed by atoms with Gasteiger partial charge in [0.2, 0.25) is 0 Å². The lowest BCUT2D eigenvalue weighted by Gasteiger charge is -2.02. The number of Topliss-reactive ketones (excluding diaryl/α,β-unsaturated/α-hetero) is 1. The molecule has 16 heavy (non-hydrogen) atoms. The standard InChI is InChI=1S/C12H11FN2O/c13-11-3-1-10(2-4-11)7-12(16)8-15-6-5-14-9-15/h1-6,9H,7-8H2. The molecule has 0 radical (unpaired) electrons. The number of rotatable bonds is 4. The summed E-state index contributed by atoms with van der Waals surface area (Å²) >= 11 is 0. The van der Waals surface area contributed by atoms with Crippen LogP contribution in [-0.2, 0) is 17.8 Å². The monoisotopic (exact) mass is 218 g/mol. The Kier molecular flexibility index (Phi) is 3.10. The number of nitrogens with zero attached hydrogens (tertiary/aromatic N) is 2. The van der Waals surface area contributed by atoms with E-state index < -0.39 is 0 Å². The molecule has 0 saturated carbocycles. The second kappa shape index (κ2) is 4.70. The van der Waals surface area contributed by atoms with Gasteiger partial charge in [0, 0.05) is 18.8 Å². The fraction of sp³-hybridized carbons (Fsp3) is 0.167. The minimum absolute atomic E-state index is 0.0737. The van der Waals surface area contributed by atoms with Crippen molar-refractivity contribution in [2.75, 3.05) is 0 Å². The number of hydrogen-bond donors (Lipinski definition) is 0. The molecule has 3 nitrogen and oxygen atoms in total. The van der Waals surface area contributed by atoms with Gasteiger partial charge >= 0.3 is 0 Å². The molecule has 2 rings (SSSR count). The van der Waals surface area contributed by atoms with Crippen molar-refractivity contribution in [2.45, 2.75) is 13.0 Å². The summed E-state index contributed by atoms with van der Waals surface area (Å²) in [5, 5.41) is 0. The van der Waals surface area contributed by atoms with Crippen LogP contribution in [0, 0.1) is 5.82 Å². The molecule has 0 bridgehead atoms. The first kappa shape index (κ1) is 10.5. The highest BCUT2D eigenvalue weighted by Crippen LogP contribution is 2.04. The first-order chi connectivity index (χ1) is 7.74. The van der Waals surface area contributed by atoms with E-state index in [0.29, 0.717) is 13.0 Å². The summed E-state index contributed by atoms with van der Waals surface area (Å²) in [5.74, 6) is -0.213. The van der Waals surface area contributed by atoms with Gasteiger partial charge in [-0.25, -0.2) is 9.37 Å². The van der Waals surface area contributed by atoms with E-state index in [1.54, 1.807) is 35.4 Å². The van der Waals surface area contributed by atoms with Gasteiger partial charge in [-0.2, -0.15) is 0 Å². The van der Waals surface area contributed by atoms with Crippen molar-refractivity contribution in [2.24, 2.45) is 0 Å². The van der Waals surface area contributed by atoms with Crippen LogP contribution in [-0.4, -0.2) is 15.3 Å². The fourth-order valence-electron chi connectivity index (χ4n) is 1.47. The van der Waals surface area contributed by atoms with Crippen molar-refractivity contribution in [1.82, 2.24) is 9.55 Å². The number of carbonyl (C=O) groups excluding carboxylic acids is 1. The van der Waals surface area contributed by atoms with E-state index in [9.17, 15) is 9.18 Å². The summed E-state index contributed by atoms with van der Waals surface area (Å²) in [6.45, 7) is 0.303. The van der Waals surface area contributed by atoms with E-state index in [2.05, 4.69) is 4.98 Å². The van der Waals surface area contributed by atoms with Crippen LogP contribution < -0.4 is 0 Å². The molecule has 4 heteroatoms. The Morgan fingerprint density at radius 2 is 2.06 bits per heavy atom. The molecule has 1 aromatic carbocycles. The Morgan fingerprint density at radius 3 is 2.69 bits per heavy atom. The van der Waals surface area contributed by atoms with Gasteiger partial charge in [0.25, 0.3) is 0 Å². The van der Waals surface area contributed by atoms with Crippen molar-refractivity contribution in [3.05, 3.63) is 54.4 Å². The summed E-state index contributed by atoms with van der Waals surface area (Å²) in [6.07, 6.45) is 5.29. The number of halogens is 1. The molecule has 0 fully saturated rings. The summed E-state index contributed by atoms with van der Waals surface area (Å²) in [5.41, 5.74) is 0.825. The third-order valence-corrected chi connectivity index (χ3v) is 2.23. The summed E-state index contributed by atoms with van der Waals surface area (Å²) in [4.78, 5) is 15.5. The van der Waals surface area contributed by atoms with Crippen LogP contribution in [0.15, 0.2) is 43.0 Å². The van der Waals surface area contributed by atoms with E-state index in [4.69, 9.17) is 0 Å². The van der Waals surface area contributed by atoms with E-state index in [0.717, 1.165) is 5.56 Å². The minimum Gasteiger partial charge on any atom is -0.330 e. The van der Waals surface area contributed by atoms with E-state index in [-0.39, 0.29) is 11.6 Å². The zero-order chi connectivity index (χ0) is 11.4. The highest BCUT2D eigenvalue weighted by Gasteiger charge is 2.04. The topological polar surface area (TPSA) is 34.9 Å². The predicted octanol–water partition coefficient (Wildman–Crippen LogP) is 1.83. The molecule has 0 spiro atoms. The molecule has 2 aromatic rings. The van der Waals surface area contributed by atoms with Crippen LogP contribution in [0.2, 0.25) is 0 Å². The van der Waals surface area contributed by atoms with Crippen molar-refractivity contribution < 1.29 is 9.18 Å². The van der Waals surface area contributed by atoms with Gasteiger partial charge in [-0.3, -0.25) is 4.79 Å². The molecule has 1 aromatic heterocycles. The van der Waals surface area contributed by atoms with Gasteiger partial charge in [-0.15, -0.1) is 0 Å². The number of ketones is 1. The highest BCUT2D eigenvalue weighted by atomic mass is 19.1. The number of carbonyl (C=O) groups is 1. The molecule has 0 aliphatic heterocycles. The van der Waals surface area contributed by atoms with Crippen molar-refractivity contribution in [3.8, 4) is 0 Å². The predicted molar refractivity (Wildman–Crippen MR) is 57.3 cm³/mol. The smallest absolute Gasteiger partial charge is 0.156 e. The lowest BCUT2D eigenvalue weighted by molar-refractivity contribution is -0.119. The van der Waals surface area contributed by atoms with Crippen LogP contribution in [0.3, 0.4) is 0 Å². The van der Waals surface area contributed by atoms with Crippen LogP contribution in [0.4, 0.5) is 4.39 Å².